The lowest BCUT2D eigenvalue weighted by Crippen LogP contribution is -2.63. The number of unbranched alkanes of at least 4 members (excludes halogenated alkanes) is 2. The number of nitrogens with zero attached hydrogens (tertiary/aromatic N) is 10. The number of cyclic esters (lactones) is 2. The predicted molar refractivity (Wildman–Crippen MR) is 465 cm³/mol. The van der Waals surface area contributed by atoms with Gasteiger partial charge in [0.05, 0.1) is 90.0 Å². The van der Waals surface area contributed by atoms with E-state index in [1.807, 2.05) is 97.6 Å². The minimum Gasteiger partial charge on any atom is -0.457 e. The maximum atomic E-state index is 15.0. The number of aromatic nitrogens is 6. The van der Waals surface area contributed by atoms with Gasteiger partial charge < -0.3 is 86.2 Å². The van der Waals surface area contributed by atoms with Crippen LogP contribution in [-0.4, -0.2) is 288 Å². The molecule has 0 radical (unpaired) electrons. The standard InChI is InChI=1S/C50H69N5O12.C44H65N5O11/c1-11-39-50(28-56)43(55(48(61)67-50)23-16-15-22-54-27-37(52-29-54)36-20-17-21-51-26-36)32(4)40(57)30(2)25-49(7,62-10)44(33(5)41(58)34(6)45(59)64-39)66-47-42(38(53(8)9)24-31(3)63-47)65-46(60)35-18-13-12-14-19-35;1-12-34-44(30(7)50)38(49(42(55)60-44)19-14-13-18-48-23-32(46-24-48)31-16-15-17-45-22-31)27(4)35(51)25(2)21-43(8,56-11)39(28(5)36(52)29(6)40(54)58-34)59-41-37(53)33(47(9)10)20-26(3)57-41/h12-14,17-21,26-27,29-34,38-39,42-44,47,56H,11,15-16,22-25,28H2,1-10H3;15-17,22-29,33-34,37-39,41,53H,12-14,18-21H2,1-11H3/t30-,31-,32+,33+,34-,38+,39-,42-,43-,44-,47?,49+,50-;25-,26-,27+,28+,29-,33+,34-,37-,38-,39-,41?,43+,44-/m11/s1. The molecule has 2 unspecified atom stereocenters. The number of aryl methyl sites for hydroxylation is 2. The van der Waals surface area contributed by atoms with E-state index in [9.17, 15) is 58.2 Å². The molecular formula is C94H134N10O23. The maximum Gasteiger partial charge on any atom is 0.411 e. The number of aliphatic hydroxyl groups is 2. The van der Waals surface area contributed by atoms with Crippen molar-refractivity contribution in [3.8, 4) is 22.5 Å². The molecule has 11 rings (SSSR count). The molecule has 6 saturated heterocycles. The average molecular weight is 1770 g/mol. The summed E-state index contributed by atoms with van der Waals surface area (Å²) >= 11 is 0. The van der Waals surface area contributed by atoms with Crippen LogP contribution in [0.2, 0.25) is 0 Å². The normalized spacial score (nSPS) is 34.4. The van der Waals surface area contributed by atoms with E-state index in [2.05, 4.69) is 19.9 Å². The zero-order valence-corrected chi connectivity index (χ0v) is 77.6. The van der Waals surface area contributed by atoms with Gasteiger partial charge in [-0.1, -0.05) is 73.6 Å². The number of carbonyl (C=O) groups is 10. The van der Waals surface area contributed by atoms with Gasteiger partial charge in [0.2, 0.25) is 5.60 Å². The van der Waals surface area contributed by atoms with Crippen LogP contribution in [-0.2, 0) is 98.8 Å². The van der Waals surface area contributed by atoms with Crippen molar-refractivity contribution in [1.82, 2.24) is 48.7 Å². The fourth-order valence-electron chi connectivity index (χ4n) is 19.9. The van der Waals surface area contributed by atoms with Gasteiger partial charge in [0.1, 0.15) is 35.6 Å². The Labute approximate surface area is 745 Å². The third-order valence-electron chi connectivity index (χ3n) is 27.1. The highest BCUT2D eigenvalue weighted by Crippen LogP contribution is 2.47. The monoisotopic (exact) mass is 1770 g/mol. The topological polar surface area (TPSA) is 387 Å². The lowest BCUT2D eigenvalue weighted by Gasteiger charge is -2.48. The number of amides is 2. The van der Waals surface area contributed by atoms with Crippen LogP contribution in [0.4, 0.5) is 9.59 Å². The molecule has 2 N–H and O–H groups in total. The summed E-state index contributed by atoms with van der Waals surface area (Å²) in [5.74, 6) is -12.9. The number of hydrogen-bond donors (Lipinski definition) is 2. The molecule has 0 aliphatic carbocycles. The summed E-state index contributed by atoms with van der Waals surface area (Å²) in [4.78, 5) is 167. The molecule has 4 aromatic heterocycles. The zero-order valence-electron chi connectivity index (χ0n) is 77.6. The van der Waals surface area contributed by atoms with E-state index in [1.54, 1.807) is 137 Å². The molecule has 6 aliphatic heterocycles. The highest BCUT2D eigenvalue weighted by atomic mass is 16.7. The quantitative estimate of drug-likeness (QED) is 0.0225. The first-order chi connectivity index (χ1) is 60.2. The lowest BCUT2D eigenvalue weighted by molar-refractivity contribution is -0.295. The smallest absolute Gasteiger partial charge is 0.411 e. The summed E-state index contributed by atoms with van der Waals surface area (Å²) in [7, 11) is 10.4. The number of fused-ring (bicyclic) bond motifs is 2. The summed E-state index contributed by atoms with van der Waals surface area (Å²) in [6, 6.07) is 13.2. The van der Waals surface area contributed by atoms with Crippen molar-refractivity contribution in [2.45, 2.75) is 289 Å². The van der Waals surface area contributed by atoms with E-state index in [0.717, 1.165) is 22.5 Å². The zero-order chi connectivity index (χ0) is 93.1. The number of likely N-dealkylation sites (N-methyl/N-ethyl adjacent to an activating group) is 2. The van der Waals surface area contributed by atoms with Gasteiger partial charge in [-0.2, -0.15) is 0 Å². The number of pyridine rings is 2. The van der Waals surface area contributed by atoms with Crippen molar-refractivity contribution in [3.63, 3.8) is 0 Å². The number of esters is 3. The first-order valence-electron chi connectivity index (χ1n) is 44.7. The van der Waals surface area contributed by atoms with Crippen LogP contribution in [0, 0.1) is 47.3 Å². The van der Waals surface area contributed by atoms with Crippen molar-refractivity contribution in [2.75, 3.05) is 62.1 Å². The molecule has 5 aromatic rings. The molecule has 26 atom stereocenters. The third kappa shape index (κ3) is 21.8. The molecule has 0 saturated carbocycles. The van der Waals surface area contributed by atoms with E-state index in [0.29, 0.717) is 57.2 Å². The second-order valence-electron chi connectivity index (χ2n) is 36.5. The summed E-state index contributed by atoms with van der Waals surface area (Å²) in [6.45, 7) is 25.6. The Hall–Kier alpha value is -9.16. The fraction of sp³-hybridized carbons (Fsp3) is 0.660. The number of aliphatic hydroxyl groups excluding tert-OH is 2. The minimum absolute atomic E-state index is 0.0262. The average Bonchev–Trinajstić information content (AvgIpc) is 1.59. The van der Waals surface area contributed by atoms with Gasteiger partial charge in [-0.15, -0.1) is 0 Å². The number of rotatable bonds is 26. The van der Waals surface area contributed by atoms with Crippen molar-refractivity contribution in [1.29, 1.82) is 0 Å². The number of hydrogen-bond acceptors (Lipinski definition) is 29. The number of carbonyl (C=O) groups excluding carboxylic acids is 10. The van der Waals surface area contributed by atoms with E-state index < -0.39 is 185 Å². The minimum atomic E-state index is -2.04. The van der Waals surface area contributed by atoms with E-state index in [1.165, 1.54) is 44.8 Å². The van der Waals surface area contributed by atoms with Crippen LogP contribution in [0.25, 0.3) is 22.5 Å². The van der Waals surface area contributed by atoms with Crippen LogP contribution in [0.1, 0.15) is 178 Å². The number of methoxy groups -OCH3 is 2. The molecule has 1 aromatic carbocycles. The molecular weight excluding hydrogens is 1640 g/mol. The van der Waals surface area contributed by atoms with E-state index in [-0.39, 0.29) is 74.6 Å². The molecule has 2 amide bonds. The number of Topliss-reactive ketones (excluding diaryl/α,β-unsaturated/α-hetero) is 5. The van der Waals surface area contributed by atoms with Gasteiger partial charge in [-0.25, -0.2) is 24.4 Å². The van der Waals surface area contributed by atoms with Crippen LogP contribution >= 0.6 is 0 Å². The van der Waals surface area contributed by atoms with Crippen molar-refractivity contribution < 1.29 is 110 Å². The molecule has 33 heteroatoms. The van der Waals surface area contributed by atoms with Gasteiger partial charge in [-0.3, -0.25) is 48.4 Å². The van der Waals surface area contributed by atoms with Crippen LogP contribution in [0.15, 0.2) is 104 Å². The van der Waals surface area contributed by atoms with Crippen molar-refractivity contribution >= 4 is 59.0 Å². The van der Waals surface area contributed by atoms with Gasteiger partial charge >= 0.3 is 30.1 Å². The number of ketones is 5. The highest BCUT2D eigenvalue weighted by Gasteiger charge is 2.67. The predicted octanol–water partition coefficient (Wildman–Crippen LogP) is 10.3. The summed E-state index contributed by atoms with van der Waals surface area (Å²) in [6.07, 6.45) is 6.28. The number of ether oxygens (including phenoxy) is 11. The first-order valence-corrected chi connectivity index (χ1v) is 44.7. The Balaban J connectivity index is 0.000000266. The summed E-state index contributed by atoms with van der Waals surface area (Å²) < 4.78 is 73.0. The Morgan fingerprint density at radius 3 is 1.44 bits per heavy atom. The van der Waals surface area contributed by atoms with Crippen LogP contribution in [0.3, 0.4) is 0 Å². The Kier molecular flexibility index (Phi) is 33.9. The first kappa shape index (κ1) is 100.0. The van der Waals surface area contributed by atoms with Crippen LogP contribution in [0.5, 0.6) is 0 Å². The van der Waals surface area contributed by atoms with Crippen molar-refractivity contribution in [3.05, 3.63) is 110 Å². The molecule has 6 fully saturated rings. The number of imidazole rings is 2. The van der Waals surface area contributed by atoms with Gasteiger partial charge in [-0.05, 0) is 177 Å². The van der Waals surface area contributed by atoms with E-state index in [4.69, 9.17) is 52.1 Å². The second kappa shape index (κ2) is 43.0. The van der Waals surface area contributed by atoms with Gasteiger partial charge in [0, 0.05) is 130 Å². The largest absolute Gasteiger partial charge is 0.457 e. The Morgan fingerprint density at radius 2 is 0.992 bits per heavy atom. The fourth-order valence-corrected chi connectivity index (χ4v) is 19.9. The summed E-state index contributed by atoms with van der Waals surface area (Å²) in [5, 5.41) is 22.7. The van der Waals surface area contributed by atoms with Gasteiger partial charge in [0.25, 0.3) is 0 Å². The third-order valence-corrected chi connectivity index (χ3v) is 27.1. The molecule has 127 heavy (non-hydrogen) atoms. The molecule has 0 spiro atoms. The SMILES string of the molecule is CC[C@H]1OC(=O)[C@H](C)C(=O)[C@H](C)[C@@H](OC2O[C@H](C)C[C@H](N(C)C)[C@H]2O)[C@@](C)(OC)C[C@@H](C)C(=O)[C@H](C)[C@H]2N(CCCCn3cnc(-c4cccnc4)c3)C(=O)O[C@]12C(C)=O.CC[C@H]1OC(=O)[C@H](C)C(=O)[C@H](C)[C@@H](OC2O[C@H](C)C[C@H](N(C)C)[C@H]2OC(=O)c2ccccc2)[C@@](C)(OC)C[C@@H](C)C(=O)[C@H](C)[C@H]2N(CCCCn3cnc(-c4cccnc4)c3)C(=O)O[C@]12CO. The molecule has 6 aliphatic rings. The Morgan fingerprint density at radius 1 is 0.551 bits per heavy atom. The molecule has 698 valence electrons. The second-order valence-corrected chi connectivity index (χ2v) is 36.5. The van der Waals surface area contributed by atoms with Crippen molar-refractivity contribution in [2.24, 2.45) is 47.3 Å². The maximum absolute atomic E-state index is 15.0. The molecule has 10 heterocycles. The van der Waals surface area contributed by atoms with Gasteiger partial charge in [0.15, 0.2) is 47.7 Å². The summed E-state index contributed by atoms with van der Waals surface area (Å²) in [5.41, 5.74) is -2.95. The van der Waals surface area contributed by atoms with E-state index >= 15 is 0 Å². The molecule has 33 nitrogen and oxygen atoms in total. The molecule has 0 bridgehead atoms. The van der Waals surface area contributed by atoms with Crippen LogP contribution < -0.4 is 0 Å². The number of benzene rings is 1. The highest BCUT2D eigenvalue weighted by molar-refractivity contribution is 6.01. The lowest BCUT2D eigenvalue weighted by atomic mass is 9.71. The Bertz CT molecular complexity index is 4580.